The Kier molecular flexibility index (Phi) is 7.15. The van der Waals surface area contributed by atoms with E-state index in [-0.39, 0.29) is 5.91 Å². The van der Waals surface area contributed by atoms with Crippen LogP contribution in [0.4, 0.5) is 10.5 Å². The van der Waals surface area contributed by atoms with E-state index in [1.807, 2.05) is 55.5 Å². The van der Waals surface area contributed by atoms with Crippen molar-refractivity contribution in [2.24, 2.45) is 0 Å². The highest BCUT2D eigenvalue weighted by Gasteiger charge is 2.34. The first-order valence-electron chi connectivity index (χ1n) is 13.0. The van der Waals surface area contributed by atoms with Crippen molar-refractivity contribution in [3.8, 4) is 22.5 Å². The third-order valence-corrected chi connectivity index (χ3v) is 6.49. The highest BCUT2D eigenvalue weighted by molar-refractivity contribution is 6.02. The molecule has 0 fully saturated rings. The number of hydrogen-bond donors (Lipinski definition) is 2. The summed E-state index contributed by atoms with van der Waals surface area (Å²) in [6, 6.07) is 16.8. The lowest BCUT2D eigenvalue weighted by atomic mass is 9.97. The van der Waals surface area contributed by atoms with Crippen molar-refractivity contribution in [3.63, 3.8) is 0 Å². The van der Waals surface area contributed by atoms with Crippen LogP contribution in [0.1, 0.15) is 37.7 Å². The third-order valence-electron chi connectivity index (χ3n) is 6.49. The minimum Gasteiger partial charge on any atom is -0.444 e. The number of aryl methyl sites for hydroxylation is 1. The summed E-state index contributed by atoms with van der Waals surface area (Å²) in [6.45, 7) is 7.72. The van der Waals surface area contributed by atoms with Crippen LogP contribution >= 0.6 is 0 Å². The zero-order chi connectivity index (χ0) is 27.6. The lowest BCUT2D eigenvalue weighted by Gasteiger charge is -2.27. The van der Waals surface area contributed by atoms with Crippen molar-refractivity contribution in [1.82, 2.24) is 25.5 Å². The van der Waals surface area contributed by atoms with Crippen molar-refractivity contribution >= 4 is 17.7 Å². The maximum absolute atomic E-state index is 14.1. The molecule has 0 spiro atoms. The van der Waals surface area contributed by atoms with Crippen LogP contribution in [0, 0.1) is 6.92 Å². The third kappa shape index (κ3) is 5.98. The normalized spacial score (nSPS) is 13.6. The van der Waals surface area contributed by atoms with Crippen LogP contribution < -0.4 is 10.2 Å². The van der Waals surface area contributed by atoms with Crippen LogP contribution in [0.15, 0.2) is 67.0 Å². The van der Waals surface area contributed by atoms with E-state index in [0.29, 0.717) is 31.0 Å². The predicted molar refractivity (Wildman–Crippen MR) is 149 cm³/mol. The molecule has 200 valence electrons. The topological polar surface area (TPSA) is 113 Å². The maximum atomic E-state index is 14.1. The number of fused-ring (bicyclic) bond motifs is 1. The molecule has 2 amide bonds. The molecule has 2 aromatic carbocycles. The standard InChI is InChI=1S/C30H32N6O3/c1-19-32-27(35-34-19)24-17-22(21-10-13-31-14-11-21)18-26-23(24)12-15-36(26)28(37)25(16-20-8-6-5-7-9-20)33-29(38)39-30(2,3)4/h5-11,13-14,17-18,25H,12,15-16H2,1-4H3,(H,33,38)(H,32,34,35). The Morgan fingerprint density at radius 1 is 1.08 bits per heavy atom. The molecule has 1 unspecified atom stereocenters. The second kappa shape index (κ2) is 10.7. The van der Waals surface area contributed by atoms with E-state index in [1.165, 1.54) is 0 Å². The smallest absolute Gasteiger partial charge is 0.408 e. The number of H-pyrrole nitrogens is 1. The number of benzene rings is 2. The molecule has 9 nitrogen and oxygen atoms in total. The van der Waals surface area contributed by atoms with Gasteiger partial charge in [0.15, 0.2) is 5.82 Å². The highest BCUT2D eigenvalue weighted by atomic mass is 16.6. The molecule has 0 saturated heterocycles. The first-order valence-corrected chi connectivity index (χ1v) is 13.0. The van der Waals surface area contributed by atoms with Crippen molar-refractivity contribution < 1.29 is 14.3 Å². The molecule has 5 rings (SSSR count). The molecule has 1 aliphatic heterocycles. The zero-order valence-electron chi connectivity index (χ0n) is 22.6. The van der Waals surface area contributed by atoms with Crippen molar-refractivity contribution in [2.45, 2.75) is 52.2 Å². The molecule has 1 aliphatic rings. The number of aromatic amines is 1. The van der Waals surface area contributed by atoms with Gasteiger partial charge in [0, 0.05) is 36.6 Å². The molecule has 0 radical (unpaired) electrons. The number of nitrogens with one attached hydrogen (secondary N) is 2. The summed E-state index contributed by atoms with van der Waals surface area (Å²) in [5, 5.41) is 10.2. The Bertz CT molecular complexity index is 1480. The van der Waals surface area contributed by atoms with Crippen LogP contribution in [-0.2, 0) is 22.4 Å². The monoisotopic (exact) mass is 524 g/mol. The Morgan fingerprint density at radius 3 is 2.49 bits per heavy atom. The molecule has 3 heterocycles. The second-order valence-corrected chi connectivity index (χ2v) is 10.6. The predicted octanol–water partition coefficient (Wildman–Crippen LogP) is 4.87. The fourth-order valence-corrected chi connectivity index (χ4v) is 4.79. The van der Waals surface area contributed by atoms with Crippen molar-refractivity contribution in [1.29, 1.82) is 0 Å². The van der Waals surface area contributed by atoms with Crippen molar-refractivity contribution in [2.75, 3.05) is 11.4 Å². The van der Waals surface area contributed by atoms with E-state index in [2.05, 4.69) is 31.5 Å². The second-order valence-electron chi connectivity index (χ2n) is 10.6. The summed E-state index contributed by atoms with van der Waals surface area (Å²) in [7, 11) is 0. The summed E-state index contributed by atoms with van der Waals surface area (Å²) in [4.78, 5) is 37.4. The summed E-state index contributed by atoms with van der Waals surface area (Å²) in [5.74, 6) is 1.10. The molecular formula is C30H32N6O3. The molecule has 39 heavy (non-hydrogen) atoms. The van der Waals surface area contributed by atoms with Gasteiger partial charge in [0.25, 0.3) is 0 Å². The number of carbonyl (C=O) groups is 2. The maximum Gasteiger partial charge on any atom is 0.408 e. The largest absolute Gasteiger partial charge is 0.444 e. The summed E-state index contributed by atoms with van der Waals surface area (Å²) in [5.41, 5.74) is 4.80. The number of nitrogens with zero attached hydrogens (tertiary/aromatic N) is 4. The van der Waals surface area contributed by atoms with Gasteiger partial charge in [-0.25, -0.2) is 9.78 Å². The Balaban J connectivity index is 1.54. The number of alkyl carbamates (subject to hydrolysis) is 1. The molecule has 4 aromatic rings. The number of hydrogen-bond acceptors (Lipinski definition) is 6. The number of aromatic nitrogens is 4. The van der Waals surface area contributed by atoms with E-state index in [4.69, 9.17) is 4.74 Å². The van der Waals surface area contributed by atoms with E-state index < -0.39 is 17.7 Å². The van der Waals surface area contributed by atoms with Gasteiger partial charge in [-0.1, -0.05) is 30.3 Å². The van der Waals surface area contributed by atoms with Gasteiger partial charge in [0.05, 0.1) is 0 Å². The number of ether oxygens (including phenoxy) is 1. The first kappa shape index (κ1) is 26.1. The number of carbonyl (C=O) groups excluding carboxylic acids is 2. The number of pyridine rings is 1. The molecule has 2 N–H and O–H groups in total. The molecule has 0 saturated carbocycles. The number of anilines is 1. The van der Waals surface area contributed by atoms with Crippen LogP contribution in [-0.4, -0.2) is 50.4 Å². The summed E-state index contributed by atoms with van der Waals surface area (Å²) < 4.78 is 5.50. The van der Waals surface area contributed by atoms with E-state index in [9.17, 15) is 9.59 Å². The summed E-state index contributed by atoms with van der Waals surface area (Å²) >= 11 is 0. The Morgan fingerprint density at radius 2 is 1.82 bits per heavy atom. The zero-order valence-corrected chi connectivity index (χ0v) is 22.6. The molecule has 2 aromatic heterocycles. The fraction of sp³-hybridized carbons (Fsp3) is 0.300. The SMILES string of the molecule is Cc1nc(-c2cc(-c3ccncc3)cc3c2CCN3C(=O)C(Cc2ccccc2)NC(=O)OC(C)(C)C)n[nH]1. The van der Waals surface area contributed by atoms with E-state index in [1.54, 1.807) is 38.1 Å². The van der Waals surface area contributed by atoms with Gasteiger partial charge in [-0.15, -0.1) is 0 Å². The fourth-order valence-electron chi connectivity index (χ4n) is 4.79. The highest BCUT2D eigenvalue weighted by Crippen LogP contribution is 2.39. The van der Waals surface area contributed by atoms with Crippen LogP contribution in [0.5, 0.6) is 0 Å². The summed E-state index contributed by atoms with van der Waals surface area (Å²) in [6.07, 6.45) is 3.83. The molecule has 9 heteroatoms. The van der Waals surface area contributed by atoms with Crippen LogP contribution in [0.25, 0.3) is 22.5 Å². The number of rotatable bonds is 6. The van der Waals surface area contributed by atoms with Gasteiger partial charge < -0.3 is 15.0 Å². The Labute approximate surface area is 227 Å². The van der Waals surface area contributed by atoms with Gasteiger partial charge in [0.1, 0.15) is 17.5 Å². The Hall–Kier alpha value is -4.53. The van der Waals surface area contributed by atoms with E-state index in [0.717, 1.165) is 33.5 Å². The van der Waals surface area contributed by atoms with E-state index >= 15 is 0 Å². The molecule has 0 aliphatic carbocycles. The average Bonchev–Trinajstić information content (AvgIpc) is 3.53. The van der Waals surface area contributed by atoms with Crippen molar-refractivity contribution in [3.05, 3.63) is 83.9 Å². The average molecular weight is 525 g/mol. The molecule has 1 atom stereocenters. The quantitative estimate of drug-likeness (QED) is 0.372. The van der Waals surface area contributed by atoms with Gasteiger partial charge in [-0.3, -0.25) is 14.9 Å². The van der Waals surface area contributed by atoms with Gasteiger partial charge in [-0.2, -0.15) is 5.10 Å². The van der Waals surface area contributed by atoms with Crippen LogP contribution in [0.3, 0.4) is 0 Å². The lowest BCUT2D eigenvalue weighted by Crippen LogP contribution is -2.50. The lowest BCUT2D eigenvalue weighted by molar-refractivity contribution is -0.120. The van der Waals surface area contributed by atoms with Crippen LogP contribution in [0.2, 0.25) is 0 Å². The minimum atomic E-state index is -0.813. The first-order chi connectivity index (χ1) is 18.7. The molecular weight excluding hydrogens is 492 g/mol. The number of amides is 2. The van der Waals surface area contributed by atoms with Gasteiger partial charge in [-0.05, 0) is 80.6 Å². The van der Waals surface area contributed by atoms with Gasteiger partial charge in [0.2, 0.25) is 5.91 Å². The minimum absolute atomic E-state index is 0.201. The molecule has 0 bridgehead atoms. The van der Waals surface area contributed by atoms with Gasteiger partial charge >= 0.3 is 6.09 Å².